The van der Waals surface area contributed by atoms with Crippen LogP contribution in [0.15, 0.2) is 77.2 Å². The van der Waals surface area contributed by atoms with E-state index in [1.54, 1.807) is 24.3 Å². The highest BCUT2D eigenvalue weighted by Gasteiger charge is 2.17. The first-order valence-electron chi connectivity index (χ1n) is 10.8. The molecule has 0 radical (unpaired) electrons. The van der Waals surface area contributed by atoms with Crippen LogP contribution in [0.2, 0.25) is 5.02 Å². The van der Waals surface area contributed by atoms with E-state index in [0.717, 1.165) is 55.0 Å². The first-order valence-corrected chi connectivity index (χ1v) is 11.2. The van der Waals surface area contributed by atoms with Crippen molar-refractivity contribution in [2.45, 2.75) is 6.54 Å². The van der Waals surface area contributed by atoms with Crippen LogP contribution in [0, 0.1) is 0 Å². The highest BCUT2D eigenvalue weighted by Crippen LogP contribution is 2.34. The van der Waals surface area contributed by atoms with Gasteiger partial charge in [0.15, 0.2) is 0 Å². The van der Waals surface area contributed by atoms with Gasteiger partial charge >= 0.3 is 0 Å². The molecule has 1 aromatic heterocycles. The maximum atomic E-state index is 12.8. The zero-order chi connectivity index (χ0) is 21.9. The van der Waals surface area contributed by atoms with Crippen LogP contribution in [0.3, 0.4) is 0 Å². The number of nitrogens with one attached hydrogen (secondary N) is 2. The standard InChI is InChI=1S/C26H24ClN3O2/c27-20-7-3-5-18(15-20)26(31)29-23-9-2-1-8-21(23)25-16-22-19(6-4-10-24(22)32-25)17-30-13-11-28-12-14-30/h1-10,15-16,28H,11-14,17H2,(H,29,31). The van der Waals surface area contributed by atoms with E-state index in [1.165, 1.54) is 5.56 Å². The largest absolute Gasteiger partial charge is 0.456 e. The Kier molecular flexibility index (Phi) is 5.95. The van der Waals surface area contributed by atoms with Crippen LogP contribution >= 0.6 is 11.6 Å². The topological polar surface area (TPSA) is 57.5 Å². The third-order valence-electron chi connectivity index (χ3n) is 5.78. The Morgan fingerprint density at radius 1 is 1.00 bits per heavy atom. The molecule has 0 spiro atoms. The molecule has 1 fully saturated rings. The zero-order valence-electron chi connectivity index (χ0n) is 17.6. The van der Waals surface area contributed by atoms with Crippen LogP contribution in [0.25, 0.3) is 22.3 Å². The van der Waals surface area contributed by atoms with Gasteiger partial charge in [-0.3, -0.25) is 9.69 Å². The van der Waals surface area contributed by atoms with Crippen molar-refractivity contribution in [1.82, 2.24) is 10.2 Å². The fourth-order valence-corrected chi connectivity index (χ4v) is 4.32. The van der Waals surface area contributed by atoms with E-state index < -0.39 is 0 Å². The molecule has 0 bridgehead atoms. The fraction of sp³-hybridized carbons (Fsp3) is 0.192. The number of carbonyl (C=O) groups excluding carboxylic acids is 1. The summed E-state index contributed by atoms with van der Waals surface area (Å²) in [4.78, 5) is 15.2. The molecule has 0 unspecified atom stereocenters. The molecule has 1 aliphatic rings. The lowest BCUT2D eigenvalue weighted by atomic mass is 10.1. The van der Waals surface area contributed by atoms with Crippen LogP contribution < -0.4 is 10.6 Å². The maximum absolute atomic E-state index is 12.8. The fourth-order valence-electron chi connectivity index (χ4n) is 4.13. The molecule has 2 heterocycles. The number of furan rings is 1. The van der Waals surface area contributed by atoms with Gasteiger partial charge in [-0.05, 0) is 48.0 Å². The lowest BCUT2D eigenvalue weighted by Gasteiger charge is -2.27. The molecule has 32 heavy (non-hydrogen) atoms. The van der Waals surface area contributed by atoms with Gasteiger partial charge in [-0.2, -0.15) is 0 Å². The second-order valence-electron chi connectivity index (χ2n) is 7.98. The molecule has 3 aromatic carbocycles. The molecule has 6 heteroatoms. The van der Waals surface area contributed by atoms with Crippen molar-refractivity contribution in [3.8, 4) is 11.3 Å². The minimum Gasteiger partial charge on any atom is -0.456 e. The van der Waals surface area contributed by atoms with Gasteiger partial charge < -0.3 is 15.1 Å². The third kappa shape index (κ3) is 4.41. The zero-order valence-corrected chi connectivity index (χ0v) is 18.4. The molecule has 5 nitrogen and oxygen atoms in total. The van der Waals surface area contributed by atoms with Crippen LogP contribution in [0.1, 0.15) is 15.9 Å². The number of benzene rings is 3. The monoisotopic (exact) mass is 445 g/mol. The van der Waals surface area contributed by atoms with E-state index in [0.29, 0.717) is 16.3 Å². The molecule has 4 aromatic rings. The summed E-state index contributed by atoms with van der Waals surface area (Å²) in [5, 5.41) is 8.04. The van der Waals surface area contributed by atoms with Gasteiger partial charge in [0.05, 0.1) is 5.69 Å². The van der Waals surface area contributed by atoms with E-state index in [4.69, 9.17) is 16.0 Å². The van der Waals surface area contributed by atoms with Crippen LogP contribution in [-0.2, 0) is 6.54 Å². The number of amides is 1. The second-order valence-corrected chi connectivity index (χ2v) is 8.41. The van der Waals surface area contributed by atoms with E-state index in [1.807, 2.05) is 36.4 Å². The molecule has 0 saturated carbocycles. The van der Waals surface area contributed by atoms with Crippen molar-refractivity contribution >= 4 is 34.2 Å². The molecule has 2 N–H and O–H groups in total. The number of nitrogens with zero attached hydrogens (tertiary/aromatic N) is 1. The lowest BCUT2D eigenvalue weighted by molar-refractivity contribution is 0.102. The van der Waals surface area contributed by atoms with E-state index in [9.17, 15) is 4.79 Å². The molecule has 1 amide bonds. The predicted molar refractivity (Wildman–Crippen MR) is 129 cm³/mol. The Morgan fingerprint density at radius 2 is 1.81 bits per heavy atom. The Morgan fingerprint density at radius 3 is 2.66 bits per heavy atom. The quantitative estimate of drug-likeness (QED) is 0.431. The number of para-hydroxylation sites is 1. The normalized spacial score (nSPS) is 14.5. The first-order chi connectivity index (χ1) is 15.7. The Balaban J connectivity index is 1.45. The SMILES string of the molecule is O=C(Nc1ccccc1-c1cc2c(CN3CCNCC3)cccc2o1)c1cccc(Cl)c1. The summed E-state index contributed by atoms with van der Waals surface area (Å²) < 4.78 is 6.23. The van der Waals surface area contributed by atoms with Crippen molar-refractivity contribution in [3.63, 3.8) is 0 Å². The van der Waals surface area contributed by atoms with Crippen LogP contribution in [0.4, 0.5) is 5.69 Å². The Labute approximate surface area is 192 Å². The predicted octanol–water partition coefficient (Wildman–Crippen LogP) is 5.41. The minimum absolute atomic E-state index is 0.213. The van der Waals surface area contributed by atoms with Gasteiger partial charge in [-0.15, -0.1) is 0 Å². The van der Waals surface area contributed by atoms with Crippen molar-refractivity contribution in [2.24, 2.45) is 0 Å². The maximum Gasteiger partial charge on any atom is 0.255 e. The molecule has 0 aliphatic carbocycles. The van der Waals surface area contributed by atoms with Crippen molar-refractivity contribution < 1.29 is 9.21 Å². The summed E-state index contributed by atoms with van der Waals surface area (Å²) in [5.41, 5.74) is 4.14. The van der Waals surface area contributed by atoms with Crippen molar-refractivity contribution in [3.05, 3.63) is 88.9 Å². The molecular formula is C26H24ClN3O2. The number of piperazine rings is 1. The van der Waals surface area contributed by atoms with Gasteiger partial charge in [0.25, 0.3) is 5.91 Å². The van der Waals surface area contributed by atoms with Crippen molar-refractivity contribution in [2.75, 3.05) is 31.5 Å². The molecule has 1 saturated heterocycles. The van der Waals surface area contributed by atoms with Crippen LogP contribution in [-0.4, -0.2) is 37.0 Å². The average Bonchev–Trinajstić information content (AvgIpc) is 3.25. The van der Waals surface area contributed by atoms with Gasteiger partial charge in [0, 0.05) is 54.3 Å². The van der Waals surface area contributed by atoms with E-state index in [2.05, 4.69) is 27.7 Å². The summed E-state index contributed by atoms with van der Waals surface area (Å²) in [6.45, 7) is 5.02. The number of carbonyl (C=O) groups is 1. The molecule has 162 valence electrons. The number of hydrogen-bond acceptors (Lipinski definition) is 4. The lowest BCUT2D eigenvalue weighted by Crippen LogP contribution is -2.42. The average molecular weight is 446 g/mol. The van der Waals surface area contributed by atoms with Crippen LogP contribution in [0.5, 0.6) is 0 Å². The number of anilines is 1. The third-order valence-corrected chi connectivity index (χ3v) is 6.02. The highest BCUT2D eigenvalue weighted by atomic mass is 35.5. The van der Waals surface area contributed by atoms with Crippen molar-refractivity contribution in [1.29, 1.82) is 0 Å². The number of rotatable bonds is 5. The number of hydrogen-bond donors (Lipinski definition) is 2. The van der Waals surface area contributed by atoms with Gasteiger partial charge in [0.2, 0.25) is 0 Å². The Bertz CT molecular complexity index is 1260. The van der Waals surface area contributed by atoms with Gasteiger partial charge in [-0.1, -0.05) is 41.9 Å². The summed E-state index contributed by atoms with van der Waals surface area (Å²) in [7, 11) is 0. The molecule has 1 aliphatic heterocycles. The summed E-state index contributed by atoms with van der Waals surface area (Å²) in [6.07, 6.45) is 0. The summed E-state index contributed by atoms with van der Waals surface area (Å²) >= 11 is 6.05. The van der Waals surface area contributed by atoms with Gasteiger partial charge in [0.1, 0.15) is 11.3 Å². The summed E-state index contributed by atoms with van der Waals surface area (Å²) in [5.74, 6) is 0.519. The number of halogens is 1. The Hall–Kier alpha value is -3.12. The van der Waals surface area contributed by atoms with E-state index >= 15 is 0 Å². The molecule has 5 rings (SSSR count). The molecular weight excluding hydrogens is 422 g/mol. The second kappa shape index (κ2) is 9.17. The van der Waals surface area contributed by atoms with Gasteiger partial charge in [-0.25, -0.2) is 0 Å². The smallest absolute Gasteiger partial charge is 0.255 e. The number of fused-ring (bicyclic) bond motifs is 1. The van der Waals surface area contributed by atoms with E-state index in [-0.39, 0.29) is 5.91 Å². The first kappa shape index (κ1) is 20.8. The minimum atomic E-state index is -0.213. The molecule has 0 atom stereocenters. The summed E-state index contributed by atoms with van der Waals surface area (Å²) in [6, 6.07) is 22.9. The highest BCUT2D eigenvalue weighted by molar-refractivity contribution is 6.31.